The number of aliphatic hydroxyl groups excluding tert-OH is 1. The molecule has 1 unspecified atom stereocenters. The van der Waals surface area contributed by atoms with Crippen molar-refractivity contribution in [2.24, 2.45) is 0 Å². The Morgan fingerprint density at radius 1 is 1.67 bits per heavy atom. The highest BCUT2D eigenvalue weighted by atomic mass is 16.7. The quantitative estimate of drug-likeness (QED) is 0.647. The lowest BCUT2D eigenvalue weighted by Crippen LogP contribution is -2.24. The van der Waals surface area contributed by atoms with Crippen LogP contribution in [0.25, 0.3) is 5.88 Å². The van der Waals surface area contributed by atoms with E-state index in [1.54, 1.807) is 0 Å². The summed E-state index contributed by atoms with van der Waals surface area (Å²) < 4.78 is 11.1. The lowest BCUT2D eigenvalue weighted by Gasteiger charge is -2.08. The molecule has 0 bridgehead atoms. The second-order valence-electron chi connectivity index (χ2n) is 2.83. The number of anilines is 1. The molecule has 7 heteroatoms. The van der Waals surface area contributed by atoms with Crippen LogP contribution in [0.3, 0.4) is 0 Å². The molecule has 2 rings (SSSR count). The summed E-state index contributed by atoms with van der Waals surface area (Å²) in [6, 6.07) is 1.46. The smallest absolute Gasteiger partial charge is 0.356 e. The van der Waals surface area contributed by atoms with Crippen molar-refractivity contribution in [1.82, 2.24) is 9.55 Å². The average molecular weight is 211 g/mol. The molecule has 2 heterocycles. The minimum absolute atomic E-state index is 0.134. The van der Waals surface area contributed by atoms with Crippen molar-refractivity contribution in [3.05, 3.63) is 29.0 Å². The fourth-order valence-corrected chi connectivity index (χ4v) is 1.10. The Morgan fingerprint density at radius 3 is 3.07 bits per heavy atom. The molecule has 3 N–H and O–H groups in total. The first kappa shape index (κ1) is 9.53. The number of nitrogens with zero attached hydrogens (tertiary/aromatic N) is 2. The second-order valence-corrected chi connectivity index (χ2v) is 2.83. The molecule has 1 aliphatic rings. The molecule has 80 valence electrons. The third-order valence-corrected chi connectivity index (χ3v) is 1.78. The molecular weight excluding hydrogens is 202 g/mol. The van der Waals surface area contributed by atoms with Gasteiger partial charge in [0.15, 0.2) is 0 Å². The molecule has 0 fully saturated rings. The number of rotatable bonds is 2. The first-order chi connectivity index (χ1) is 7.20. The van der Waals surface area contributed by atoms with Crippen LogP contribution >= 0.6 is 0 Å². The van der Waals surface area contributed by atoms with Gasteiger partial charge >= 0.3 is 5.69 Å². The fraction of sp³-hybridized carbons (Fsp3) is 0.250. The molecule has 0 saturated heterocycles. The van der Waals surface area contributed by atoms with Crippen LogP contribution in [0.5, 0.6) is 0 Å². The van der Waals surface area contributed by atoms with Crippen molar-refractivity contribution >= 4 is 11.7 Å². The molecule has 0 aliphatic carbocycles. The summed E-state index contributed by atoms with van der Waals surface area (Å²) in [5.41, 5.74) is 4.76. The number of aliphatic hydroxyl groups is 1. The fourth-order valence-electron chi connectivity index (χ4n) is 1.10. The van der Waals surface area contributed by atoms with Crippen LogP contribution in [0.1, 0.15) is 0 Å². The maximum Gasteiger partial charge on any atom is 0.356 e. The summed E-state index contributed by atoms with van der Waals surface area (Å²) >= 11 is 0. The highest BCUT2D eigenvalue weighted by Gasteiger charge is 2.20. The van der Waals surface area contributed by atoms with E-state index >= 15 is 0 Å². The molecule has 1 atom stereocenters. The number of ether oxygens (including phenoxy) is 2. The molecule has 0 radical (unpaired) electrons. The Hall–Kier alpha value is -2.02. The maximum absolute atomic E-state index is 11.4. The standard InChI is InChI=1S/C8H9N3O4/c9-5-1-2-11(8(13)10-5)6-4-14-7(3-12)15-6/h1-2,4,7,12H,3H2,(H2,9,10,13). The summed E-state index contributed by atoms with van der Waals surface area (Å²) in [5.74, 6) is 0.307. The number of nitrogens with two attached hydrogens (primary N) is 1. The maximum atomic E-state index is 11.4. The molecule has 0 saturated carbocycles. The average Bonchev–Trinajstić information content (AvgIpc) is 2.66. The van der Waals surface area contributed by atoms with Gasteiger partial charge in [-0.3, -0.25) is 0 Å². The van der Waals surface area contributed by atoms with Crippen LogP contribution in [0, 0.1) is 0 Å². The molecule has 0 amide bonds. The van der Waals surface area contributed by atoms with E-state index in [1.165, 1.54) is 18.5 Å². The van der Waals surface area contributed by atoms with E-state index in [4.69, 9.17) is 20.3 Å². The first-order valence-corrected chi connectivity index (χ1v) is 4.19. The van der Waals surface area contributed by atoms with E-state index in [1.807, 2.05) is 0 Å². The summed E-state index contributed by atoms with van der Waals surface area (Å²) in [7, 11) is 0. The third kappa shape index (κ3) is 1.77. The molecule has 1 aromatic rings. The Balaban J connectivity index is 2.28. The van der Waals surface area contributed by atoms with E-state index in [0.717, 1.165) is 4.57 Å². The molecule has 15 heavy (non-hydrogen) atoms. The van der Waals surface area contributed by atoms with Crippen LogP contribution in [-0.2, 0) is 9.47 Å². The Bertz CT molecular complexity index is 453. The van der Waals surface area contributed by atoms with Gasteiger partial charge < -0.3 is 20.3 Å². The number of hydrogen-bond acceptors (Lipinski definition) is 6. The van der Waals surface area contributed by atoms with Gasteiger partial charge in [-0.2, -0.15) is 4.98 Å². The van der Waals surface area contributed by atoms with Crippen LogP contribution in [0.15, 0.2) is 23.3 Å². The van der Waals surface area contributed by atoms with Gasteiger partial charge in [0.25, 0.3) is 6.29 Å². The second kappa shape index (κ2) is 3.62. The first-order valence-electron chi connectivity index (χ1n) is 4.19. The normalized spacial score (nSPS) is 19.3. The lowest BCUT2D eigenvalue weighted by molar-refractivity contribution is -0.0555. The van der Waals surface area contributed by atoms with E-state index in [2.05, 4.69) is 4.98 Å². The van der Waals surface area contributed by atoms with Crippen molar-refractivity contribution in [2.45, 2.75) is 6.29 Å². The number of nitrogen functional groups attached to an aromatic ring is 1. The van der Waals surface area contributed by atoms with Crippen LogP contribution in [0.2, 0.25) is 0 Å². The molecule has 1 aliphatic heterocycles. The summed E-state index contributed by atoms with van der Waals surface area (Å²) in [4.78, 5) is 14.9. The van der Waals surface area contributed by atoms with Gasteiger partial charge in [-0.1, -0.05) is 0 Å². The van der Waals surface area contributed by atoms with Gasteiger partial charge in [-0.25, -0.2) is 9.36 Å². The minimum atomic E-state index is -0.774. The zero-order valence-corrected chi connectivity index (χ0v) is 7.66. The monoisotopic (exact) mass is 211 g/mol. The number of aromatic nitrogens is 2. The van der Waals surface area contributed by atoms with E-state index in [-0.39, 0.29) is 18.3 Å². The zero-order chi connectivity index (χ0) is 10.8. The van der Waals surface area contributed by atoms with Crippen LogP contribution < -0.4 is 11.4 Å². The van der Waals surface area contributed by atoms with Gasteiger partial charge in [-0.05, 0) is 6.07 Å². The van der Waals surface area contributed by atoms with E-state index in [0.29, 0.717) is 0 Å². The van der Waals surface area contributed by atoms with Crippen LogP contribution in [0.4, 0.5) is 5.82 Å². The summed E-state index contributed by atoms with van der Waals surface area (Å²) in [6.45, 7) is -0.294. The molecule has 1 aromatic heterocycles. The zero-order valence-electron chi connectivity index (χ0n) is 7.66. The van der Waals surface area contributed by atoms with Crippen molar-refractivity contribution < 1.29 is 14.6 Å². The predicted molar refractivity (Wildman–Crippen MR) is 50.2 cm³/mol. The van der Waals surface area contributed by atoms with Crippen molar-refractivity contribution in [2.75, 3.05) is 12.3 Å². The predicted octanol–water partition coefficient (Wildman–Crippen LogP) is -1.05. The topological polar surface area (TPSA) is 99.6 Å². The lowest BCUT2D eigenvalue weighted by atomic mass is 10.6. The molecule has 0 spiro atoms. The minimum Gasteiger partial charge on any atom is -0.454 e. The van der Waals surface area contributed by atoms with Gasteiger partial charge in [0.1, 0.15) is 18.7 Å². The Labute approximate surface area is 84.4 Å². The van der Waals surface area contributed by atoms with Crippen molar-refractivity contribution in [1.29, 1.82) is 0 Å². The molecule has 0 aromatic carbocycles. The van der Waals surface area contributed by atoms with Gasteiger partial charge in [0.2, 0.25) is 5.88 Å². The summed E-state index contributed by atoms with van der Waals surface area (Å²) in [5, 5.41) is 8.74. The van der Waals surface area contributed by atoms with Crippen LogP contribution in [-0.4, -0.2) is 27.6 Å². The van der Waals surface area contributed by atoms with Gasteiger partial charge in [0, 0.05) is 6.20 Å². The Kier molecular flexibility index (Phi) is 2.30. The van der Waals surface area contributed by atoms with Crippen molar-refractivity contribution in [3.8, 4) is 0 Å². The van der Waals surface area contributed by atoms with E-state index < -0.39 is 12.0 Å². The third-order valence-electron chi connectivity index (χ3n) is 1.78. The van der Waals surface area contributed by atoms with Crippen molar-refractivity contribution in [3.63, 3.8) is 0 Å². The number of hydrogen-bond donors (Lipinski definition) is 2. The molecular formula is C8H9N3O4. The van der Waals surface area contributed by atoms with Gasteiger partial charge in [-0.15, -0.1) is 0 Å². The highest BCUT2D eigenvalue weighted by molar-refractivity contribution is 5.38. The summed E-state index contributed by atoms with van der Waals surface area (Å²) in [6.07, 6.45) is 1.88. The SMILES string of the molecule is Nc1ccn(C2=COC(CO)O2)c(=O)n1. The highest BCUT2D eigenvalue weighted by Crippen LogP contribution is 2.16. The Morgan fingerprint density at radius 2 is 2.47 bits per heavy atom. The van der Waals surface area contributed by atoms with Gasteiger partial charge in [0.05, 0.1) is 0 Å². The molecule has 7 nitrogen and oxygen atoms in total. The van der Waals surface area contributed by atoms with E-state index in [9.17, 15) is 4.79 Å². The largest absolute Gasteiger partial charge is 0.454 e.